The fourth-order valence-corrected chi connectivity index (χ4v) is 2.59. The Kier molecular flexibility index (Phi) is 5.65. The van der Waals surface area contributed by atoms with Crippen LogP contribution in [0.2, 0.25) is 0 Å². The molecule has 23 heavy (non-hydrogen) atoms. The average molecular weight is 381 g/mol. The average Bonchev–Trinajstić information content (AvgIpc) is 2.55. The molecule has 0 aliphatic carbocycles. The molecule has 0 aliphatic rings. The monoisotopic (exact) mass is 380 g/mol. The molecular weight excluding hydrogens is 360 g/mol. The van der Waals surface area contributed by atoms with Crippen LogP contribution in [0, 0.1) is 0 Å². The molecule has 7 heteroatoms. The number of methoxy groups -OCH3 is 1. The molecular formula is C16H21BrN4O2. The molecule has 0 radical (unpaired) electrons. The van der Waals surface area contributed by atoms with E-state index in [0.29, 0.717) is 17.5 Å². The quantitative estimate of drug-likeness (QED) is 0.780. The number of aromatic nitrogens is 2. The predicted octanol–water partition coefficient (Wildman–Crippen LogP) is 4.25. The van der Waals surface area contributed by atoms with Gasteiger partial charge in [0.1, 0.15) is 11.5 Å². The number of nitrogens with zero attached hydrogens (tertiary/aromatic N) is 2. The molecule has 1 heterocycles. The smallest absolute Gasteiger partial charge is 0.224 e. The third-order valence-electron chi connectivity index (χ3n) is 3.34. The first kappa shape index (κ1) is 17.3. The molecule has 124 valence electrons. The Hall–Kier alpha value is -2.02. The van der Waals surface area contributed by atoms with Crippen molar-refractivity contribution in [2.24, 2.45) is 0 Å². The van der Waals surface area contributed by atoms with Gasteiger partial charge in [0.05, 0.1) is 17.8 Å². The van der Waals surface area contributed by atoms with Gasteiger partial charge in [0.15, 0.2) is 11.6 Å². The molecule has 0 spiro atoms. The second kappa shape index (κ2) is 7.50. The maximum atomic E-state index is 6.07. The van der Waals surface area contributed by atoms with Crippen LogP contribution in [-0.4, -0.2) is 31.2 Å². The first-order chi connectivity index (χ1) is 11.0. The highest BCUT2D eigenvalue weighted by Gasteiger charge is 2.16. The van der Waals surface area contributed by atoms with Gasteiger partial charge in [-0.05, 0) is 34.0 Å². The summed E-state index contributed by atoms with van der Waals surface area (Å²) in [7, 11) is 5.21. The lowest BCUT2D eigenvalue weighted by atomic mass is 10.0. The zero-order chi connectivity index (χ0) is 17.0. The molecule has 1 aromatic heterocycles. The Morgan fingerprint density at radius 3 is 2.39 bits per heavy atom. The summed E-state index contributed by atoms with van der Waals surface area (Å²) in [5.74, 6) is 3.50. The summed E-state index contributed by atoms with van der Waals surface area (Å²) in [6, 6.07) is 3.88. The van der Waals surface area contributed by atoms with Crippen LogP contribution in [-0.2, 0) is 0 Å². The van der Waals surface area contributed by atoms with E-state index in [-0.39, 0.29) is 5.92 Å². The van der Waals surface area contributed by atoms with Gasteiger partial charge in [-0.25, -0.2) is 4.98 Å². The summed E-state index contributed by atoms with van der Waals surface area (Å²) < 4.78 is 12.3. The maximum Gasteiger partial charge on any atom is 0.224 e. The van der Waals surface area contributed by atoms with Crippen molar-refractivity contribution in [3.63, 3.8) is 0 Å². The number of anilines is 2. The number of rotatable bonds is 6. The molecule has 0 saturated carbocycles. The van der Waals surface area contributed by atoms with Crippen molar-refractivity contribution in [1.29, 1.82) is 0 Å². The lowest BCUT2D eigenvalue weighted by molar-refractivity contribution is 0.408. The van der Waals surface area contributed by atoms with E-state index < -0.39 is 0 Å². The molecule has 2 rings (SSSR count). The molecule has 1 aromatic carbocycles. The van der Waals surface area contributed by atoms with Gasteiger partial charge in [-0.2, -0.15) is 4.98 Å². The second-order valence-corrected chi connectivity index (χ2v) is 6.04. The number of benzene rings is 1. The zero-order valence-corrected chi connectivity index (χ0v) is 15.5. The van der Waals surface area contributed by atoms with Crippen LogP contribution in [0.15, 0.2) is 22.8 Å². The maximum absolute atomic E-state index is 6.07. The summed E-state index contributed by atoms with van der Waals surface area (Å²) >= 11 is 3.50. The topological polar surface area (TPSA) is 68.3 Å². The van der Waals surface area contributed by atoms with Crippen LogP contribution in [0.3, 0.4) is 0 Å². The van der Waals surface area contributed by atoms with Crippen molar-refractivity contribution in [2.45, 2.75) is 19.8 Å². The number of halogens is 1. The molecule has 2 N–H and O–H groups in total. The summed E-state index contributed by atoms with van der Waals surface area (Å²) in [5.41, 5.74) is 1.05. The number of ether oxygens (including phenoxy) is 2. The van der Waals surface area contributed by atoms with Crippen molar-refractivity contribution in [1.82, 2.24) is 9.97 Å². The minimum atomic E-state index is 0.280. The van der Waals surface area contributed by atoms with Crippen molar-refractivity contribution < 1.29 is 9.47 Å². The summed E-state index contributed by atoms with van der Waals surface area (Å²) in [6.07, 6.45) is 1.65. The van der Waals surface area contributed by atoms with E-state index in [4.69, 9.17) is 9.47 Å². The molecule has 0 atom stereocenters. The fourth-order valence-electron chi connectivity index (χ4n) is 2.11. The normalized spacial score (nSPS) is 10.6. The molecule has 0 saturated heterocycles. The van der Waals surface area contributed by atoms with Gasteiger partial charge in [0.25, 0.3) is 0 Å². The second-order valence-electron chi connectivity index (χ2n) is 5.19. The molecule has 0 fully saturated rings. The van der Waals surface area contributed by atoms with Gasteiger partial charge in [-0.3, -0.25) is 0 Å². The molecule has 0 aliphatic heterocycles. The Bertz CT molecular complexity index is 692. The Morgan fingerprint density at radius 1 is 1.09 bits per heavy atom. The van der Waals surface area contributed by atoms with Crippen LogP contribution >= 0.6 is 15.9 Å². The molecule has 2 aromatic rings. The van der Waals surface area contributed by atoms with Crippen molar-refractivity contribution >= 4 is 27.7 Å². The van der Waals surface area contributed by atoms with Gasteiger partial charge in [0, 0.05) is 19.7 Å². The molecule has 0 amide bonds. The van der Waals surface area contributed by atoms with Crippen LogP contribution in [0.5, 0.6) is 17.2 Å². The van der Waals surface area contributed by atoms with E-state index in [9.17, 15) is 0 Å². The van der Waals surface area contributed by atoms with E-state index in [1.165, 1.54) is 0 Å². The van der Waals surface area contributed by atoms with Crippen molar-refractivity contribution in [2.75, 3.05) is 31.8 Å². The highest BCUT2D eigenvalue weighted by Crippen LogP contribution is 2.39. The van der Waals surface area contributed by atoms with E-state index in [1.54, 1.807) is 27.4 Å². The first-order valence-corrected chi connectivity index (χ1v) is 8.07. The minimum Gasteiger partial charge on any atom is -0.496 e. The van der Waals surface area contributed by atoms with E-state index in [1.807, 2.05) is 12.1 Å². The number of hydrogen-bond acceptors (Lipinski definition) is 6. The Labute approximate surface area is 144 Å². The third kappa shape index (κ3) is 3.85. The van der Waals surface area contributed by atoms with Crippen LogP contribution in [0.1, 0.15) is 25.3 Å². The van der Waals surface area contributed by atoms with Gasteiger partial charge in [0.2, 0.25) is 5.95 Å². The summed E-state index contributed by atoms with van der Waals surface area (Å²) in [6.45, 7) is 4.21. The Morgan fingerprint density at radius 2 is 1.83 bits per heavy atom. The van der Waals surface area contributed by atoms with Gasteiger partial charge >= 0.3 is 0 Å². The van der Waals surface area contributed by atoms with Crippen LogP contribution in [0.4, 0.5) is 11.8 Å². The third-order valence-corrected chi connectivity index (χ3v) is 3.96. The van der Waals surface area contributed by atoms with Crippen molar-refractivity contribution in [3.05, 3.63) is 28.4 Å². The van der Waals surface area contributed by atoms with Crippen LogP contribution < -0.4 is 20.1 Å². The highest BCUT2D eigenvalue weighted by molar-refractivity contribution is 9.10. The summed E-state index contributed by atoms with van der Waals surface area (Å²) in [5, 5.41) is 5.93. The molecule has 0 bridgehead atoms. The fraction of sp³-hybridized carbons (Fsp3) is 0.375. The zero-order valence-electron chi connectivity index (χ0n) is 13.9. The number of hydrogen-bond donors (Lipinski definition) is 2. The standard InChI is InChI=1S/C16H21BrN4O2/c1-9(2)10-6-13(22-5)11(17)7-12(10)23-14-8-20-16(19-4)21-15(14)18-3/h6-9H,1-5H3,(H2,18,19,20,21). The Balaban J connectivity index is 2.45. The van der Waals surface area contributed by atoms with E-state index >= 15 is 0 Å². The van der Waals surface area contributed by atoms with E-state index in [0.717, 1.165) is 21.5 Å². The first-order valence-electron chi connectivity index (χ1n) is 7.28. The van der Waals surface area contributed by atoms with Gasteiger partial charge < -0.3 is 20.1 Å². The molecule has 0 unspecified atom stereocenters. The lowest BCUT2D eigenvalue weighted by Crippen LogP contribution is -2.03. The number of nitrogens with one attached hydrogen (secondary N) is 2. The summed E-state index contributed by atoms with van der Waals surface area (Å²) in [4.78, 5) is 8.55. The van der Waals surface area contributed by atoms with E-state index in [2.05, 4.69) is 50.4 Å². The van der Waals surface area contributed by atoms with Crippen LogP contribution in [0.25, 0.3) is 0 Å². The van der Waals surface area contributed by atoms with Crippen molar-refractivity contribution in [3.8, 4) is 17.2 Å². The van der Waals surface area contributed by atoms with Gasteiger partial charge in [-0.15, -0.1) is 0 Å². The predicted molar refractivity (Wildman–Crippen MR) is 96.0 cm³/mol. The highest BCUT2D eigenvalue weighted by atomic mass is 79.9. The lowest BCUT2D eigenvalue weighted by Gasteiger charge is -2.17. The van der Waals surface area contributed by atoms with Gasteiger partial charge in [-0.1, -0.05) is 13.8 Å². The SMILES string of the molecule is CNc1ncc(Oc2cc(Br)c(OC)cc2C(C)C)c(NC)n1. The largest absolute Gasteiger partial charge is 0.496 e. The minimum absolute atomic E-state index is 0.280. The molecule has 6 nitrogen and oxygen atoms in total.